The predicted octanol–water partition coefficient (Wildman–Crippen LogP) is -0.178. The van der Waals surface area contributed by atoms with E-state index >= 15 is 0 Å². The topological polar surface area (TPSA) is 70.4 Å². The van der Waals surface area contributed by atoms with E-state index in [1.165, 1.54) is 0 Å². The number of aliphatic imine (C=N–C) groups is 1. The maximum Gasteiger partial charge on any atom is 0.191 e. The third-order valence-corrected chi connectivity index (χ3v) is 2.85. The molecule has 1 aromatic rings. The summed E-state index contributed by atoms with van der Waals surface area (Å²) in [6.45, 7) is 8.48. The zero-order chi connectivity index (χ0) is 14.1. The Bertz CT molecular complexity index is 385. The van der Waals surface area contributed by atoms with Crippen LogP contribution in [-0.2, 0) is 13.6 Å². The highest BCUT2D eigenvalue weighted by molar-refractivity contribution is 5.79. The van der Waals surface area contributed by atoms with Crippen molar-refractivity contribution in [2.45, 2.75) is 20.4 Å². The second-order valence-corrected chi connectivity index (χ2v) is 4.32. The summed E-state index contributed by atoms with van der Waals surface area (Å²) in [5.41, 5.74) is 0. The van der Waals surface area contributed by atoms with Gasteiger partial charge in [0.1, 0.15) is 18.7 Å². The summed E-state index contributed by atoms with van der Waals surface area (Å²) in [7, 11) is 3.97. The lowest BCUT2D eigenvalue weighted by molar-refractivity contribution is 0.357. The molecule has 0 spiro atoms. The van der Waals surface area contributed by atoms with Crippen molar-refractivity contribution in [3.8, 4) is 0 Å². The largest absolute Gasteiger partial charge is 0.357 e. The van der Waals surface area contributed by atoms with Gasteiger partial charge in [-0.1, -0.05) is 6.92 Å². The van der Waals surface area contributed by atoms with Crippen molar-refractivity contribution >= 4 is 5.96 Å². The highest BCUT2D eigenvalue weighted by Gasteiger charge is 2.01. The van der Waals surface area contributed by atoms with E-state index in [-0.39, 0.29) is 0 Å². The standard InChI is InChI=1S/C12H25N7/c1-5-13-12(14-7-8-18(3)6-2)15-9-11-16-10-17-19(11)4/h10H,5-9H2,1-4H3,(H2,13,14,15). The first-order chi connectivity index (χ1) is 9.17. The molecule has 0 saturated carbocycles. The molecule has 19 heavy (non-hydrogen) atoms. The molecule has 0 amide bonds. The molecule has 1 aromatic heterocycles. The smallest absolute Gasteiger partial charge is 0.191 e. The van der Waals surface area contributed by atoms with E-state index in [0.717, 1.165) is 38.0 Å². The van der Waals surface area contributed by atoms with Gasteiger partial charge in [-0.15, -0.1) is 0 Å². The second-order valence-electron chi connectivity index (χ2n) is 4.32. The predicted molar refractivity (Wildman–Crippen MR) is 77.0 cm³/mol. The van der Waals surface area contributed by atoms with Gasteiger partial charge in [-0.05, 0) is 20.5 Å². The van der Waals surface area contributed by atoms with Crippen LogP contribution in [0.2, 0.25) is 0 Å². The number of aryl methyl sites for hydroxylation is 1. The van der Waals surface area contributed by atoms with Crippen LogP contribution < -0.4 is 10.6 Å². The summed E-state index contributed by atoms with van der Waals surface area (Å²) in [5.74, 6) is 1.66. The molecule has 0 atom stereocenters. The van der Waals surface area contributed by atoms with Crippen molar-refractivity contribution < 1.29 is 0 Å². The fraction of sp³-hybridized carbons (Fsp3) is 0.750. The monoisotopic (exact) mass is 267 g/mol. The zero-order valence-corrected chi connectivity index (χ0v) is 12.3. The lowest BCUT2D eigenvalue weighted by Crippen LogP contribution is -2.41. The van der Waals surface area contributed by atoms with E-state index in [9.17, 15) is 0 Å². The molecule has 0 radical (unpaired) electrons. The van der Waals surface area contributed by atoms with Gasteiger partial charge >= 0.3 is 0 Å². The Morgan fingerprint density at radius 2 is 2.21 bits per heavy atom. The quantitative estimate of drug-likeness (QED) is 0.530. The van der Waals surface area contributed by atoms with Crippen molar-refractivity contribution in [2.24, 2.45) is 12.0 Å². The van der Waals surface area contributed by atoms with Gasteiger partial charge < -0.3 is 15.5 Å². The number of nitrogens with one attached hydrogen (secondary N) is 2. The van der Waals surface area contributed by atoms with Gasteiger partial charge in [0.2, 0.25) is 0 Å². The van der Waals surface area contributed by atoms with E-state index in [0.29, 0.717) is 6.54 Å². The Morgan fingerprint density at radius 3 is 2.79 bits per heavy atom. The average molecular weight is 267 g/mol. The van der Waals surface area contributed by atoms with Crippen LogP contribution in [0.15, 0.2) is 11.3 Å². The summed E-state index contributed by atoms with van der Waals surface area (Å²) < 4.78 is 1.73. The summed E-state index contributed by atoms with van der Waals surface area (Å²) in [6, 6.07) is 0. The van der Waals surface area contributed by atoms with Crippen LogP contribution in [0.1, 0.15) is 19.7 Å². The number of nitrogens with zero attached hydrogens (tertiary/aromatic N) is 5. The second kappa shape index (κ2) is 8.47. The van der Waals surface area contributed by atoms with Crippen molar-refractivity contribution in [3.63, 3.8) is 0 Å². The molecule has 0 unspecified atom stereocenters. The number of hydrogen-bond donors (Lipinski definition) is 2. The molecular weight excluding hydrogens is 242 g/mol. The molecule has 1 rings (SSSR count). The normalized spacial score (nSPS) is 11.9. The maximum atomic E-state index is 4.49. The Kier molecular flexibility index (Phi) is 6.88. The number of hydrogen-bond acceptors (Lipinski definition) is 4. The van der Waals surface area contributed by atoms with Crippen molar-refractivity contribution in [1.29, 1.82) is 0 Å². The third kappa shape index (κ3) is 5.69. The Hall–Kier alpha value is -1.63. The Morgan fingerprint density at radius 1 is 1.42 bits per heavy atom. The minimum Gasteiger partial charge on any atom is -0.357 e. The van der Waals surface area contributed by atoms with E-state index in [4.69, 9.17) is 0 Å². The first kappa shape index (κ1) is 15.4. The molecule has 108 valence electrons. The lowest BCUT2D eigenvalue weighted by Gasteiger charge is -2.16. The van der Waals surface area contributed by atoms with Crippen molar-refractivity contribution in [1.82, 2.24) is 30.3 Å². The van der Waals surface area contributed by atoms with Gasteiger partial charge in [-0.25, -0.2) is 9.98 Å². The van der Waals surface area contributed by atoms with Gasteiger partial charge in [0.05, 0.1) is 0 Å². The van der Waals surface area contributed by atoms with E-state index < -0.39 is 0 Å². The SMILES string of the molecule is CCNC(=NCc1ncnn1C)NCCN(C)CC. The van der Waals surface area contributed by atoms with Gasteiger partial charge in [-0.3, -0.25) is 4.68 Å². The van der Waals surface area contributed by atoms with Crippen LogP contribution in [0, 0.1) is 0 Å². The van der Waals surface area contributed by atoms with E-state index in [2.05, 4.69) is 51.5 Å². The zero-order valence-electron chi connectivity index (χ0n) is 12.3. The fourth-order valence-corrected chi connectivity index (χ4v) is 1.48. The summed E-state index contributed by atoms with van der Waals surface area (Å²) >= 11 is 0. The molecule has 0 fully saturated rings. The fourth-order valence-electron chi connectivity index (χ4n) is 1.48. The molecule has 0 aliphatic rings. The van der Waals surface area contributed by atoms with E-state index in [1.807, 2.05) is 7.05 Å². The molecule has 0 saturated heterocycles. The van der Waals surface area contributed by atoms with Crippen LogP contribution in [0.25, 0.3) is 0 Å². The van der Waals surface area contributed by atoms with E-state index in [1.54, 1.807) is 11.0 Å². The molecule has 2 N–H and O–H groups in total. The molecule has 0 bridgehead atoms. The van der Waals surface area contributed by atoms with Crippen LogP contribution in [-0.4, -0.2) is 58.9 Å². The Labute approximate surface area is 115 Å². The minimum absolute atomic E-state index is 0.523. The summed E-state index contributed by atoms with van der Waals surface area (Å²) in [4.78, 5) is 10.9. The number of rotatable bonds is 7. The molecule has 7 nitrogen and oxygen atoms in total. The molecule has 7 heteroatoms. The molecule has 0 aliphatic carbocycles. The average Bonchev–Trinajstić information content (AvgIpc) is 2.81. The van der Waals surface area contributed by atoms with Crippen LogP contribution in [0.5, 0.6) is 0 Å². The van der Waals surface area contributed by atoms with Crippen LogP contribution >= 0.6 is 0 Å². The Balaban J connectivity index is 2.44. The summed E-state index contributed by atoms with van der Waals surface area (Å²) in [6.07, 6.45) is 1.54. The van der Waals surface area contributed by atoms with Gasteiger partial charge in [0, 0.05) is 26.7 Å². The van der Waals surface area contributed by atoms with Gasteiger partial charge in [0.25, 0.3) is 0 Å². The molecule has 0 aliphatic heterocycles. The number of aromatic nitrogens is 3. The minimum atomic E-state index is 0.523. The highest BCUT2D eigenvalue weighted by atomic mass is 15.3. The van der Waals surface area contributed by atoms with Crippen LogP contribution in [0.3, 0.4) is 0 Å². The van der Waals surface area contributed by atoms with Crippen LogP contribution in [0.4, 0.5) is 0 Å². The number of likely N-dealkylation sites (N-methyl/N-ethyl adjacent to an activating group) is 1. The van der Waals surface area contributed by atoms with Crippen molar-refractivity contribution in [2.75, 3.05) is 33.2 Å². The summed E-state index contributed by atoms with van der Waals surface area (Å²) in [5, 5.41) is 10.6. The first-order valence-electron chi connectivity index (χ1n) is 6.71. The van der Waals surface area contributed by atoms with Crippen molar-refractivity contribution in [3.05, 3.63) is 12.2 Å². The third-order valence-electron chi connectivity index (χ3n) is 2.85. The first-order valence-corrected chi connectivity index (χ1v) is 6.71. The van der Waals surface area contributed by atoms with Gasteiger partial charge in [0.15, 0.2) is 5.96 Å². The lowest BCUT2D eigenvalue weighted by atomic mass is 10.5. The maximum absolute atomic E-state index is 4.49. The van der Waals surface area contributed by atoms with Gasteiger partial charge in [-0.2, -0.15) is 5.10 Å². The number of guanidine groups is 1. The molecule has 1 heterocycles. The highest BCUT2D eigenvalue weighted by Crippen LogP contribution is 1.93. The molecule has 0 aromatic carbocycles. The molecular formula is C12H25N7.